The van der Waals surface area contributed by atoms with Crippen molar-refractivity contribution in [2.75, 3.05) is 6.54 Å². The highest BCUT2D eigenvalue weighted by molar-refractivity contribution is 5.79. The highest BCUT2D eigenvalue weighted by Crippen LogP contribution is 2.26. The van der Waals surface area contributed by atoms with Gasteiger partial charge in [0.1, 0.15) is 0 Å². The van der Waals surface area contributed by atoms with E-state index in [1.54, 1.807) is 0 Å². The lowest BCUT2D eigenvalue weighted by molar-refractivity contribution is -0.129. The number of rotatable bonds is 3. The standard InChI is InChI=1S/C10H18N2O2/c1-6(2)9(10(11)14)7-3-4-8(13)12-5-7/h6-7,9H,3-5H2,1-2H3,(H2,11,14)(H,12,13). The fourth-order valence-corrected chi connectivity index (χ4v) is 2.16. The summed E-state index contributed by atoms with van der Waals surface area (Å²) in [7, 11) is 0. The van der Waals surface area contributed by atoms with Gasteiger partial charge in [0.2, 0.25) is 11.8 Å². The zero-order chi connectivity index (χ0) is 10.7. The number of hydrogen-bond acceptors (Lipinski definition) is 2. The van der Waals surface area contributed by atoms with Crippen molar-refractivity contribution in [3.63, 3.8) is 0 Å². The van der Waals surface area contributed by atoms with Crippen molar-refractivity contribution in [3.8, 4) is 0 Å². The Morgan fingerprint density at radius 2 is 2.21 bits per heavy atom. The molecule has 1 saturated heterocycles. The predicted octanol–water partition coefficient (Wildman–Crippen LogP) is 0.270. The number of hydrogen-bond donors (Lipinski definition) is 2. The van der Waals surface area contributed by atoms with Crippen LogP contribution in [-0.4, -0.2) is 18.4 Å². The molecule has 0 radical (unpaired) electrons. The molecule has 2 atom stereocenters. The van der Waals surface area contributed by atoms with Gasteiger partial charge in [-0.1, -0.05) is 13.8 Å². The lowest BCUT2D eigenvalue weighted by Gasteiger charge is -2.30. The van der Waals surface area contributed by atoms with Gasteiger partial charge in [-0.3, -0.25) is 9.59 Å². The molecule has 1 aliphatic rings. The van der Waals surface area contributed by atoms with Gasteiger partial charge in [0, 0.05) is 18.9 Å². The van der Waals surface area contributed by atoms with Crippen LogP contribution in [0.25, 0.3) is 0 Å². The average Bonchev–Trinajstić information content (AvgIpc) is 2.07. The summed E-state index contributed by atoms with van der Waals surface area (Å²) in [6.45, 7) is 4.57. The minimum Gasteiger partial charge on any atom is -0.369 e. The number of amides is 2. The average molecular weight is 198 g/mol. The number of piperidine rings is 1. The van der Waals surface area contributed by atoms with Gasteiger partial charge in [-0.05, 0) is 18.3 Å². The van der Waals surface area contributed by atoms with E-state index < -0.39 is 0 Å². The van der Waals surface area contributed by atoms with Crippen LogP contribution in [0, 0.1) is 17.8 Å². The number of carbonyl (C=O) groups is 2. The molecule has 2 unspecified atom stereocenters. The van der Waals surface area contributed by atoms with E-state index in [9.17, 15) is 9.59 Å². The Hall–Kier alpha value is -1.06. The summed E-state index contributed by atoms with van der Waals surface area (Å²) in [5.74, 6) is 0.169. The summed E-state index contributed by atoms with van der Waals surface area (Å²) in [4.78, 5) is 22.2. The lowest BCUT2D eigenvalue weighted by atomic mass is 9.79. The van der Waals surface area contributed by atoms with Gasteiger partial charge in [-0.15, -0.1) is 0 Å². The second kappa shape index (κ2) is 4.44. The Morgan fingerprint density at radius 3 is 2.57 bits per heavy atom. The first-order valence-electron chi connectivity index (χ1n) is 5.08. The summed E-state index contributed by atoms with van der Waals surface area (Å²) in [6.07, 6.45) is 1.29. The molecule has 4 nitrogen and oxygen atoms in total. The maximum absolute atomic E-state index is 11.2. The SMILES string of the molecule is CC(C)C(C(N)=O)C1CCC(=O)NC1. The van der Waals surface area contributed by atoms with Crippen molar-refractivity contribution in [1.82, 2.24) is 5.32 Å². The summed E-state index contributed by atoms with van der Waals surface area (Å²) in [6, 6.07) is 0. The van der Waals surface area contributed by atoms with Crippen LogP contribution < -0.4 is 11.1 Å². The second-order valence-electron chi connectivity index (χ2n) is 4.28. The molecule has 0 bridgehead atoms. The first-order chi connectivity index (χ1) is 6.52. The zero-order valence-electron chi connectivity index (χ0n) is 8.75. The summed E-state index contributed by atoms with van der Waals surface area (Å²) in [5, 5.41) is 2.78. The molecule has 3 N–H and O–H groups in total. The highest BCUT2D eigenvalue weighted by atomic mass is 16.2. The number of primary amides is 1. The largest absolute Gasteiger partial charge is 0.369 e. The van der Waals surface area contributed by atoms with Crippen LogP contribution in [-0.2, 0) is 9.59 Å². The zero-order valence-corrected chi connectivity index (χ0v) is 8.75. The van der Waals surface area contributed by atoms with Crippen LogP contribution in [0.4, 0.5) is 0 Å². The van der Waals surface area contributed by atoms with Crippen LogP contribution in [0.15, 0.2) is 0 Å². The monoisotopic (exact) mass is 198 g/mol. The summed E-state index contributed by atoms with van der Waals surface area (Å²) >= 11 is 0. The molecule has 0 aromatic heterocycles. The van der Waals surface area contributed by atoms with Crippen molar-refractivity contribution < 1.29 is 9.59 Å². The molecule has 80 valence electrons. The second-order valence-corrected chi connectivity index (χ2v) is 4.28. The van der Waals surface area contributed by atoms with Gasteiger partial charge in [-0.2, -0.15) is 0 Å². The Kier molecular flexibility index (Phi) is 3.49. The molecule has 1 fully saturated rings. The van der Waals surface area contributed by atoms with Gasteiger partial charge in [0.05, 0.1) is 0 Å². The van der Waals surface area contributed by atoms with Crippen molar-refractivity contribution >= 4 is 11.8 Å². The maximum Gasteiger partial charge on any atom is 0.221 e. The fourth-order valence-electron chi connectivity index (χ4n) is 2.16. The normalized spacial score (nSPS) is 24.5. The first-order valence-corrected chi connectivity index (χ1v) is 5.08. The van der Waals surface area contributed by atoms with E-state index in [1.807, 2.05) is 13.8 Å². The Morgan fingerprint density at radius 1 is 1.57 bits per heavy atom. The van der Waals surface area contributed by atoms with Gasteiger partial charge in [-0.25, -0.2) is 0 Å². The van der Waals surface area contributed by atoms with Gasteiger partial charge in [0.25, 0.3) is 0 Å². The van der Waals surface area contributed by atoms with Crippen molar-refractivity contribution in [2.45, 2.75) is 26.7 Å². The molecule has 1 aliphatic heterocycles. The van der Waals surface area contributed by atoms with E-state index in [0.717, 1.165) is 6.42 Å². The number of carbonyl (C=O) groups excluding carboxylic acids is 2. The molecule has 0 saturated carbocycles. The minimum absolute atomic E-state index is 0.0771. The molecule has 1 heterocycles. The molecule has 4 heteroatoms. The van der Waals surface area contributed by atoms with Crippen LogP contribution in [0.2, 0.25) is 0 Å². The molecular weight excluding hydrogens is 180 g/mol. The molecule has 0 spiro atoms. The molecule has 1 rings (SSSR count). The summed E-state index contributed by atoms with van der Waals surface area (Å²) < 4.78 is 0. The Bertz CT molecular complexity index is 228. The van der Waals surface area contributed by atoms with E-state index in [0.29, 0.717) is 13.0 Å². The van der Waals surface area contributed by atoms with E-state index in [2.05, 4.69) is 5.32 Å². The van der Waals surface area contributed by atoms with Gasteiger partial charge < -0.3 is 11.1 Å². The fraction of sp³-hybridized carbons (Fsp3) is 0.800. The molecule has 0 aliphatic carbocycles. The van der Waals surface area contributed by atoms with Crippen LogP contribution in [0.5, 0.6) is 0 Å². The molecule has 0 aromatic carbocycles. The lowest BCUT2D eigenvalue weighted by Crippen LogP contribution is -2.43. The smallest absolute Gasteiger partial charge is 0.221 e. The van der Waals surface area contributed by atoms with E-state index >= 15 is 0 Å². The third kappa shape index (κ3) is 2.47. The highest BCUT2D eigenvalue weighted by Gasteiger charge is 2.31. The van der Waals surface area contributed by atoms with E-state index in [4.69, 9.17) is 5.73 Å². The van der Waals surface area contributed by atoms with Gasteiger partial charge in [0.15, 0.2) is 0 Å². The molecule has 14 heavy (non-hydrogen) atoms. The van der Waals surface area contributed by atoms with Crippen LogP contribution in [0.3, 0.4) is 0 Å². The predicted molar refractivity (Wildman–Crippen MR) is 53.3 cm³/mol. The quantitative estimate of drug-likeness (QED) is 0.683. The molecular formula is C10H18N2O2. The Labute approximate surface area is 84.2 Å². The van der Waals surface area contributed by atoms with Gasteiger partial charge >= 0.3 is 0 Å². The van der Waals surface area contributed by atoms with Crippen LogP contribution >= 0.6 is 0 Å². The minimum atomic E-state index is -0.249. The third-order valence-corrected chi connectivity index (χ3v) is 2.86. The van der Waals surface area contributed by atoms with E-state index in [-0.39, 0.29) is 29.6 Å². The number of nitrogens with one attached hydrogen (secondary N) is 1. The number of nitrogens with two attached hydrogens (primary N) is 1. The van der Waals surface area contributed by atoms with Crippen molar-refractivity contribution in [1.29, 1.82) is 0 Å². The maximum atomic E-state index is 11.2. The molecule has 0 aromatic rings. The van der Waals surface area contributed by atoms with Crippen LogP contribution in [0.1, 0.15) is 26.7 Å². The molecule has 2 amide bonds. The Balaban J connectivity index is 2.61. The first kappa shape index (κ1) is 11.0. The third-order valence-electron chi connectivity index (χ3n) is 2.86. The van der Waals surface area contributed by atoms with Crippen molar-refractivity contribution in [2.24, 2.45) is 23.5 Å². The summed E-state index contributed by atoms with van der Waals surface area (Å²) in [5.41, 5.74) is 5.35. The van der Waals surface area contributed by atoms with Crippen molar-refractivity contribution in [3.05, 3.63) is 0 Å². The topological polar surface area (TPSA) is 72.2 Å². The van der Waals surface area contributed by atoms with E-state index in [1.165, 1.54) is 0 Å².